The molecule has 0 aliphatic carbocycles. The fraction of sp³-hybridized carbons (Fsp3) is 0.0625. The number of urea groups is 2. The number of nitrogens with one attached hydrogen (secondary N) is 2. The molecule has 0 unspecified atom stereocenters. The molecule has 2 aromatic carbocycles. The third kappa shape index (κ3) is 7.22. The summed E-state index contributed by atoms with van der Waals surface area (Å²) < 4.78 is 37.8. The number of hydrogen-bond donors (Lipinski definition) is 5. The Morgan fingerprint density at radius 3 is 2.22 bits per heavy atom. The first kappa shape index (κ1) is 21.1. The number of nitrogens with zero attached hydrogens (tertiary/aromatic N) is 1. The molecular formula is C16H14F3N5O3. The van der Waals surface area contributed by atoms with Crippen LogP contribution >= 0.6 is 0 Å². The van der Waals surface area contributed by atoms with Gasteiger partial charge in [0.2, 0.25) is 0 Å². The van der Waals surface area contributed by atoms with E-state index in [2.05, 4.69) is 22.1 Å². The average Bonchev–Trinajstić information content (AvgIpc) is 2.55. The van der Waals surface area contributed by atoms with Crippen molar-refractivity contribution in [2.24, 2.45) is 11.5 Å². The third-order valence-corrected chi connectivity index (χ3v) is 2.82. The fourth-order valence-corrected chi connectivity index (χ4v) is 1.76. The summed E-state index contributed by atoms with van der Waals surface area (Å²) in [6.07, 6.45) is -4.51. The molecule has 7 N–H and O–H groups in total. The highest BCUT2D eigenvalue weighted by molar-refractivity contribution is 6.00. The minimum Gasteiger partial charge on any atom is -0.506 e. The molecule has 2 aromatic rings. The van der Waals surface area contributed by atoms with Gasteiger partial charge in [0.15, 0.2) is 0 Å². The van der Waals surface area contributed by atoms with Crippen molar-refractivity contribution in [1.82, 2.24) is 0 Å². The standard InChI is InChI=1S/C15H10F3N3O2.CH4N2O/c16-15(17,18)10-2-1-3-11(7-10)20-14(23)21-12-5-4-9(8-19)6-13(12)22;2-1(3)4/h1-7,22H,(H2,20,21,23);(H4,2,3,4). The molecule has 0 aliphatic heterocycles. The molecule has 0 heterocycles. The number of nitrogens with two attached hydrogens (primary N) is 2. The molecule has 8 nitrogen and oxygen atoms in total. The number of hydrogen-bond acceptors (Lipinski definition) is 4. The number of carbonyl (C=O) groups is 2. The van der Waals surface area contributed by atoms with Gasteiger partial charge < -0.3 is 27.2 Å². The lowest BCUT2D eigenvalue weighted by Gasteiger charge is -2.11. The Labute approximate surface area is 151 Å². The number of anilines is 2. The Hall–Kier alpha value is -3.94. The van der Waals surface area contributed by atoms with Gasteiger partial charge in [0.1, 0.15) is 5.75 Å². The highest BCUT2D eigenvalue weighted by atomic mass is 19.4. The molecule has 0 saturated carbocycles. The first-order valence-electron chi connectivity index (χ1n) is 7.06. The fourth-order valence-electron chi connectivity index (χ4n) is 1.76. The number of halogens is 3. The van der Waals surface area contributed by atoms with Gasteiger partial charge in [-0.1, -0.05) is 6.07 Å². The van der Waals surface area contributed by atoms with Crippen LogP contribution in [-0.2, 0) is 6.18 Å². The zero-order valence-electron chi connectivity index (χ0n) is 13.5. The van der Waals surface area contributed by atoms with Crippen LogP contribution in [0.15, 0.2) is 42.5 Å². The minimum atomic E-state index is -4.51. The van der Waals surface area contributed by atoms with Gasteiger partial charge in [-0.25, -0.2) is 9.59 Å². The van der Waals surface area contributed by atoms with Crippen LogP contribution < -0.4 is 22.1 Å². The summed E-state index contributed by atoms with van der Waals surface area (Å²) in [5.74, 6) is -0.330. The smallest absolute Gasteiger partial charge is 0.416 e. The maximum atomic E-state index is 12.6. The average molecular weight is 381 g/mol. The number of nitriles is 1. The van der Waals surface area contributed by atoms with E-state index in [1.807, 2.05) is 6.07 Å². The Kier molecular flexibility index (Phi) is 7.00. The van der Waals surface area contributed by atoms with E-state index in [0.717, 1.165) is 24.3 Å². The quantitative estimate of drug-likeness (QED) is 0.507. The normalized spacial score (nSPS) is 10.0. The minimum absolute atomic E-state index is 0.0217. The lowest BCUT2D eigenvalue weighted by atomic mass is 10.2. The second-order valence-corrected chi connectivity index (χ2v) is 4.90. The summed E-state index contributed by atoms with van der Waals surface area (Å²) >= 11 is 0. The van der Waals surface area contributed by atoms with Crippen LogP contribution in [0.2, 0.25) is 0 Å². The van der Waals surface area contributed by atoms with E-state index in [9.17, 15) is 23.1 Å². The highest BCUT2D eigenvalue weighted by Gasteiger charge is 2.30. The number of aromatic hydroxyl groups is 1. The van der Waals surface area contributed by atoms with Crippen molar-refractivity contribution in [2.75, 3.05) is 10.6 Å². The predicted molar refractivity (Wildman–Crippen MR) is 90.7 cm³/mol. The number of rotatable bonds is 2. The number of phenolic OH excluding ortho intramolecular Hbond substituents is 1. The van der Waals surface area contributed by atoms with Gasteiger partial charge in [0.05, 0.1) is 22.9 Å². The van der Waals surface area contributed by atoms with Crippen LogP contribution in [0.4, 0.5) is 34.1 Å². The summed E-state index contributed by atoms with van der Waals surface area (Å²) in [5.41, 5.74) is 7.78. The summed E-state index contributed by atoms with van der Waals surface area (Å²) in [6, 6.07) is 8.12. The highest BCUT2D eigenvalue weighted by Crippen LogP contribution is 2.30. The molecule has 0 saturated heterocycles. The third-order valence-electron chi connectivity index (χ3n) is 2.82. The van der Waals surface area contributed by atoms with Crippen LogP contribution in [0.25, 0.3) is 0 Å². The first-order valence-corrected chi connectivity index (χ1v) is 7.06. The molecular weight excluding hydrogens is 367 g/mol. The van der Waals surface area contributed by atoms with Gasteiger partial charge in [0.25, 0.3) is 0 Å². The molecule has 27 heavy (non-hydrogen) atoms. The number of phenols is 1. The maximum absolute atomic E-state index is 12.6. The van der Waals surface area contributed by atoms with Gasteiger partial charge in [-0.15, -0.1) is 0 Å². The monoisotopic (exact) mass is 381 g/mol. The molecule has 142 valence electrons. The van der Waals surface area contributed by atoms with Crippen molar-refractivity contribution >= 4 is 23.4 Å². The first-order chi connectivity index (χ1) is 12.5. The summed E-state index contributed by atoms with van der Waals surface area (Å²) in [6.45, 7) is 0. The SMILES string of the molecule is N#Cc1ccc(NC(=O)Nc2cccc(C(F)(F)F)c2)c(O)c1.NC(N)=O. The van der Waals surface area contributed by atoms with Gasteiger partial charge in [-0.05, 0) is 36.4 Å². The van der Waals surface area contributed by atoms with Crippen LogP contribution in [0.3, 0.4) is 0 Å². The molecule has 4 amide bonds. The topological polar surface area (TPSA) is 154 Å². The largest absolute Gasteiger partial charge is 0.506 e. The van der Waals surface area contributed by atoms with Crippen molar-refractivity contribution in [1.29, 1.82) is 5.26 Å². The summed E-state index contributed by atoms with van der Waals surface area (Å²) in [4.78, 5) is 20.8. The van der Waals surface area contributed by atoms with Crippen molar-refractivity contribution in [3.8, 4) is 11.8 Å². The van der Waals surface area contributed by atoms with E-state index in [-0.39, 0.29) is 22.7 Å². The number of carbonyl (C=O) groups excluding carboxylic acids is 2. The Morgan fingerprint density at radius 1 is 1.07 bits per heavy atom. The van der Waals surface area contributed by atoms with Gasteiger partial charge in [0, 0.05) is 5.69 Å². The Balaban J connectivity index is 0.000000828. The number of alkyl halides is 3. The maximum Gasteiger partial charge on any atom is 0.416 e. The van der Waals surface area contributed by atoms with E-state index >= 15 is 0 Å². The number of benzene rings is 2. The van der Waals surface area contributed by atoms with Crippen molar-refractivity contribution < 1.29 is 27.9 Å². The molecule has 0 spiro atoms. The second kappa shape index (κ2) is 8.95. The van der Waals surface area contributed by atoms with Crippen LogP contribution in [-0.4, -0.2) is 17.2 Å². The Morgan fingerprint density at radius 2 is 1.70 bits per heavy atom. The molecule has 0 atom stereocenters. The van der Waals surface area contributed by atoms with Crippen LogP contribution in [0, 0.1) is 11.3 Å². The van der Waals surface area contributed by atoms with Crippen LogP contribution in [0.5, 0.6) is 5.75 Å². The lowest BCUT2D eigenvalue weighted by molar-refractivity contribution is -0.137. The summed E-state index contributed by atoms with van der Waals surface area (Å²) in [5, 5.41) is 22.8. The number of primary amides is 2. The molecule has 0 bridgehead atoms. The Bertz CT molecular complexity index is 874. The van der Waals surface area contributed by atoms with Crippen LogP contribution in [0.1, 0.15) is 11.1 Å². The van der Waals surface area contributed by atoms with E-state index < -0.39 is 23.8 Å². The van der Waals surface area contributed by atoms with E-state index in [4.69, 9.17) is 10.1 Å². The van der Waals surface area contributed by atoms with Gasteiger partial charge in [-0.2, -0.15) is 18.4 Å². The van der Waals surface area contributed by atoms with E-state index in [1.165, 1.54) is 18.2 Å². The lowest BCUT2D eigenvalue weighted by Crippen LogP contribution is -2.19. The van der Waals surface area contributed by atoms with Crippen molar-refractivity contribution in [3.63, 3.8) is 0 Å². The van der Waals surface area contributed by atoms with E-state index in [0.29, 0.717) is 0 Å². The van der Waals surface area contributed by atoms with Crippen molar-refractivity contribution in [2.45, 2.75) is 6.18 Å². The molecule has 0 fully saturated rings. The zero-order valence-corrected chi connectivity index (χ0v) is 13.5. The molecule has 11 heteroatoms. The molecule has 2 rings (SSSR count). The van der Waals surface area contributed by atoms with Crippen molar-refractivity contribution in [3.05, 3.63) is 53.6 Å². The molecule has 0 aromatic heterocycles. The molecule has 0 radical (unpaired) electrons. The second-order valence-electron chi connectivity index (χ2n) is 4.90. The zero-order chi connectivity index (χ0) is 20.6. The van der Waals surface area contributed by atoms with Gasteiger partial charge in [-0.3, -0.25) is 0 Å². The number of amides is 4. The predicted octanol–water partition coefficient (Wildman–Crippen LogP) is 2.95. The summed E-state index contributed by atoms with van der Waals surface area (Å²) in [7, 11) is 0. The van der Waals surface area contributed by atoms with E-state index in [1.54, 1.807) is 0 Å². The molecule has 0 aliphatic rings. The van der Waals surface area contributed by atoms with Gasteiger partial charge >= 0.3 is 18.2 Å².